The van der Waals surface area contributed by atoms with Crippen LogP contribution in [0.2, 0.25) is 0 Å². The molecule has 0 heterocycles. The molecular weight excluding hydrogens is 178 g/mol. The summed E-state index contributed by atoms with van der Waals surface area (Å²) in [6.07, 6.45) is 1.16. The van der Waals surface area contributed by atoms with Gasteiger partial charge in [-0.25, -0.2) is 0 Å². The van der Waals surface area contributed by atoms with Gasteiger partial charge in [0.1, 0.15) is 5.75 Å². The molecule has 3 N–H and O–H groups in total. The average molecular weight is 195 g/mol. The smallest absolute Gasteiger partial charge is 0.119 e. The van der Waals surface area contributed by atoms with E-state index in [1.165, 1.54) is 0 Å². The summed E-state index contributed by atoms with van der Waals surface area (Å²) in [5.74, 6) is 0.726. The van der Waals surface area contributed by atoms with Crippen LogP contribution in [0.25, 0.3) is 0 Å². The third kappa shape index (κ3) is 2.39. The molecule has 1 aromatic carbocycles. The summed E-state index contributed by atoms with van der Waals surface area (Å²) >= 11 is 0. The van der Waals surface area contributed by atoms with E-state index in [-0.39, 0.29) is 0 Å². The maximum Gasteiger partial charge on any atom is 0.119 e. The fraction of sp³-hybridized carbons (Fsp3) is 0.455. The van der Waals surface area contributed by atoms with Crippen LogP contribution < -0.4 is 10.5 Å². The molecule has 0 aliphatic carbocycles. The molecule has 78 valence electrons. The zero-order valence-corrected chi connectivity index (χ0v) is 8.66. The van der Waals surface area contributed by atoms with Crippen molar-refractivity contribution < 1.29 is 9.84 Å². The molecule has 1 atom stereocenters. The van der Waals surface area contributed by atoms with Gasteiger partial charge >= 0.3 is 0 Å². The van der Waals surface area contributed by atoms with Gasteiger partial charge in [-0.15, -0.1) is 0 Å². The second-order valence-electron chi connectivity index (χ2n) is 3.30. The van der Waals surface area contributed by atoms with Crippen LogP contribution in [0.5, 0.6) is 5.75 Å². The van der Waals surface area contributed by atoms with E-state index in [0.29, 0.717) is 5.69 Å². The number of anilines is 1. The highest BCUT2D eigenvalue weighted by atomic mass is 16.5. The molecular formula is C11H17NO2. The summed E-state index contributed by atoms with van der Waals surface area (Å²) in [6.45, 7) is 2.03. The molecule has 1 unspecified atom stereocenters. The van der Waals surface area contributed by atoms with Gasteiger partial charge < -0.3 is 15.6 Å². The third-order valence-electron chi connectivity index (χ3n) is 2.22. The highest BCUT2D eigenvalue weighted by Crippen LogP contribution is 2.27. The fourth-order valence-electron chi connectivity index (χ4n) is 1.40. The summed E-state index contributed by atoms with van der Waals surface area (Å²) in [7, 11) is 1.60. The second-order valence-corrected chi connectivity index (χ2v) is 3.30. The van der Waals surface area contributed by atoms with Gasteiger partial charge in [-0.1, -0.05) is 13.3 Å². The first-order valence-electron chi connectivity index (χ1n) is 4.80. The predicted molar refractivity (Wildman–Crippen MR) is 57.3 cm³/mol. The van der Waals surface area contributed by atoms with Crippen molar-refractivity contribution in [1.82, 2.24) is 0 Å². The monoisotopic (exact) mass is 195 g/mol. The summed E-state index contributed by atoms with van der Waals surface area (Å²) in [6, 6.07) is 5.33. The van der Waals surface area contributed by atoms with Gasteiger partial charge in [0.2, 0.25) is 0 Å². The summed E-state index contributed by atoms with van der Waals surface area (Å²) < 4.78 is 5.07. The molecule has 14 heavy (non-hydrogen) atoms. The quantitative estimate of drug-likeness (QED) is 0.723. The highest BCUT2D eigenvalue weighted by Gasteiger charge is 2.10. The van der Waals surface area contributed by atoms with Gasteiger partial charge in [0.15, 0.2) is 0 Å². The largest absolute Gasteiger partial charge is 0.497 e. The minimum Gasteiger partial charge on any atom is -0.497 e. The minimum absolute atomic E-state index is 0.491. The Morgan fingerprint density at radius 2 is 2.21 bits per heavy atom. The van der Waals surface area contributed by atoms with Crippen LogP contribution in [0.1, 0.15) is 31.4 Å². The molecule has 3 heteroatoms. The number of hydrogen-bond acceptors (Lipinski definition) is 3. The van der Waals surface area contributed by atoms with E-state index in [4.69, 9.17) is 10.5 Å². The molecule has 0 aliphatic rings. The third-order valence-corrected chi connectivity index (χ3v) is 2.22. The molecule has 0 spiro atoms. The van der Waals surface area contributed by atoms with E-state index in [1.807, 2.05) is 6.92 Å². The van der Waals surface area contributed by atoms with Crippen LogP contribution in [0.4, 0.5) is 5.69 Å². The molecule has 0 aromatic heterocycles. The molecule has 1 rings (SSSR count). The number of nitrogens with two attached hydrogens (primary N) is 1. The molecule has 3 nitrogen and oxygen atoms in total. The lowest BCUT2D eigenvalue weighted by molar-refractivity contribution is 0.167. The maximum atomic E-state index is 9.79. The van der Waals surface area contributed by atoms with E-state index in [9.17, 15) is 5.11 Å². The van der Waals surface area contributed by atoms with Crippen molar-refractivity contribution in [2.75, 3.05) is 12.8 Å². The van der Waals surface area contributed by atoms with Crippen LogP contribution in [-0.4, -0.2) is 12.2 Å². The standard InChI is InChI=1S/C11H17NO2/c1-3-4-11(13)9-7-8(14-2)5-6-10(9)12/h5-7,11,13H,3-4,12H2,1-2H3. The van der Waals surface area contributed by atoms with Crippen molar-refractivity contribution in [1.29, 1.82) is 0 Å². The molecule has 1 aromatic rings. The number of nitrogen functional groups attached to an aromatic ring is 1. The molecule has 0 saturated heterocycles. The summed E-state index contributed by atoms with van der Waals surface area (Å²) in [5, 5.41) is 9.79. The molecule has 0 aliphatic heterocycles. The Hall–Kier alpha value is -1.22. The van der Waals surface area contributed by atoms with Gasteiger partial charge in [0, 0.05) is 11.3 Å². The first kappa shape index (κ1) is 10.9. The van der Waals surface area contributed by atoms with Crippen molar-refractivity contribution >= 4 is 5.69 Å². The summed E-state index contributed by atoms with van der Waals surface area (Å²) in [5.41, 5.74) is 7.13. The van der Waals surface area contributed by atoms with E-state index >= 15 is 0 Å². The number of aliphatic hydroxyl groups excluding tert-OH is 1. The van der Waals surface area contributed by atoms with Crippen molar-refractivity contribution in [3.63, 3.8) is 0 Å². The topological polar surface area (TPSA) is 55.5 Å². The van der Waals surface area contributed by atoms with Crippen LogP contribution in [-0.2, 0) is 0 Å². The summed E-state index contributed by atoms with van der Waals surface area (Å²) in [4.78, 5) is 0. The Balaban J connectivity index is 2.93. The van der Waals surface area contributed by atoms with Crippen molar-refractivity contribution in [2.24, 2.45) is 0 Å². The van der Waals surface area contributed by atoms with Gasteiger partial charge in [0.25, 0.3) is 0 Å². The lowest BCUT2D eigenvalue weighted by atomic mass is 10.0. The molecule has 0 bridgehead atoms. The zero-order valence-electron chi connectivity index (χ0n) is 8.66. The van der Waals surface area contributed by atoms with Crippen LogP contribution >= 0.6 is 0 Å². The van der Waals surface area contributed by atoms with Crippen LogP contribution in [0.3, 0.4) is 0 Å². The fourth-order valence-corrected chi connectivity index (χ4v) is 1.40. The van der Waals surface area contributed by atoms with Crippen LogP contribution in [0.15, 0.2) is 18.2 Å². The number of ether oxygens (including phenoxy) is 1. The Labute approximate surface area is 84.5 Å². The Kier molecular flexibility index (Phi) is 3.77. The van der Waals surface area contributed by atoms with Crippen LogP contribution in [0, 0.1) is 0 Å². The lowest BCUT2D eigenvalue weighted by Gasteiger charge is -2.13. The highest BCUT2D eigenvalue weighted by molar-refractivity contribution is 5.51. The zero-order chi connectivity index (χ0) is 10.6. The average Bonchev–Trinajstić information content (AvgIpc) is 2.19. The van der Waals surface area contributed by atoms with Gasteiger partial charge in [-0.05, 0) is 24.6 Å². The van der Waals surface area contributed by atoms with Crippen molar-refractivity contribution in [3.05, 3.63) is 23.8 Å². The number of aliphatic hydroxyl groups is 1. The van der Waals surface area contributed by atoms with E-state index in [0.717, 1.165) is 24.2 Å². The number of rotatable bonds is 4. The maximum absolute atomic E-state index is 9.79. The molecule has 0 saturated carbocycles. The minimum atomic E-state index is -0.491. The van der Waals surface area contributed by atoms with Crippen molar-refractivity contribution in [2.45, 2.75) is 25.9 Å². The first-order valence-corrected chi connectivity index (χ1v) is 4.80. The van der Waals surface area contributed by atoms with Gasteiger partial charge in [0.05, 0.1) is 13.2 Å². The van der Waals surface area contributed by atoms with E-state index in [1.54, 1.807) is 25.3 Å². The normalized spacial score (nSPS) is 12.5. The molecule has 0 radical (unpaired) electrons. The first-order chi connectivity index (χ1) is 6.69. The van der Waals surface area contributed by atoms with E-state index < -0.39 is 6.10 Å². The molecule has 0 amide bonds. The lowest BCUT2D eigenvalue weighted by Crippen LogP contribution is -2.02. The number of hydrogen-bond donors (Lipinski definition) is 2. The number of benzene rings is 1. The SMILES string of the molecule is CCCC(O)c1cc(OC)ccc1N. The van der Waals surface area contributed by atoms with E-state index in [2.05, 4.69) is 0 Å². The second kappa shape index (κ2) is 4.86. The van der Waals surface area contributed by atoms with Crippen molar-refractivity contribution in [3.8, 4) is 5.75 Å². The molecule has 0 fully saturated rings. The Bertz CT molecular complexity index is 299. The predicted octanol–water partition coefficient (Wildman–Crippen LogP) is 2.11. The van der Waals surface area contributed by atoms with Gasteiger partial charge in [-0.3, -0.25) is 0 Å². The Morgan fingerprint density at radius 1 is 1.50 bits per heavy atom. The Morgan fingerprint density at radius 3 is 2.79 bits per heavy atom. The van der Waals surface area contributed by atoms with Gasteiger partial charge in [-0.2, -0.15) is 0 Å². The number of methoxy groups -OCH3 is 1.